The average Bonchev–Trinajstić information content (AvgIpc) is 3.38. The van der Waals surface area contributed by atoms with Crippen molar-refractivity contribution in [3.63, 3.8) is 0 Å². The zero-order valence-corrected chi connectivity index (χ0v) is 25.3. The lowest BCUT2D eigenvalue weighted by Gasteiger charge is -2.37. The summed E-state index contributed by atoms with van der Waals surface area (Å²) in [5.41, 5.74) is 5.56. The van der Waals surface area contributed by atoms with Gasteiger partial charge in [0.25, 0.3) is 5.92 Å². The normalized spacial score (nSPS) is 18.6. The number of piperidine rings is 1. The molecule has 2 amide bonds. The number of carbonyl (C=O) groups excluding carboxylic acids is 2. The van der Waals surface area contributed by atoms with Crippen LogP contribution < -0.4 is 5.32 Å². The summed E-state index contributed by atoms with van der Waals surface area (Å²) in [6.07, 6.45) is -2.32. The number of alkyl halides is 3. The molecule has 1 saturated heterocycles. The third kappa shape index (κ3) is 6.16. The van der Waals surface area contributed by atoms with E-state index in [-0.39, 0.29) is 31.1 Å². The van der Waals surface area contributed by atoms with Crippen LogP contribution in [-0.4, -0.2) is 48.8 Å². The molecule has 1 aliphatic carbocycles. The van der Waals surface area contributed by atoms with Crippen molar-refractivity contribution in [1.82, 2.24) is 10.2 Å². The number of amides is 2. The molecule has 3 unspecified atom stereocenters. The Labute approximate surface area is 265 Å². The summed E-state index contributed by atoms with van der Waals surface area (Å²) in [6.45, 7) is 0.873. The first-order valence-electron chi connectivity index (χ1n) is 14.9. The molecule has 232 valence electrons. The SMILES string of the molecule is CC(C(=O)N1CCC(NC(=O)OCC2c3ccccc3-c3ccccc32)C(F)C1)C(F)(F)c1ccc(-c2ccc(Cl)cc2)cc1. The second-order valence-corrected chi connectivity index (χ2v) is 12.0. The largest absolute Gasteiger partial charge is 0.449 e. The number of carbonyl (C=O) groups is 2. The molecule has 0 spiro atoms. The first kappa shape index (κ1) is 30.7. The first-order valence-corrected chi connectivity index (χ1v) is 15.3. The number of ether oxygens (including phenoxy) is 1. The molecule has 6 rings (SSSR count). The molecule has 4 aromatic carbocycles. The molecule has 0 saturated carbocycles. The van der Waals surface area contributed by atoms with Crippen molar-refractivity contribution in [2.75, 3.05) is 19.7 Å². The Morgan fingerprint density at radius 2 is 1.47 bits per heavy atom. The van der Waals surface area contributed by atoms with Gasteiger partial charge in [-0.15, -0.1) is 0 Å². The van der Waals surface area contributed by atoms with Crippen LogP contribution in [0.3, 0.4) is 0 Å². The maximum absolute atomic E-state index is 15.5. The van der Waals surface area contributed by atoms with Gasteiger partial charge in [0.15, 0.2) is 0 Å². The molecule has 1 fully saturated rings. The highest BCUT2D eigenvalue weighted by molar-refractivity contribution is 6.30. The fraction of sp³-hybridized carbons (Fsp3) is 0.278. The summed E-state index contributed by atoms with van der Waals surface area (Å²) in [4.78, 5) is 26.9. The van der Waals surface area contributed by atoms with Gasteiger partial charge in [-0.3, -0.25) is 4.79 Å². The standard InChI is InChI=1S/C36H32ClF3N2O3/c1-22(36(39,40)25-14-10-23(11-15-25)24-12-16-26(37)17-13-24)34(43)42-19-18-33(32(38)20-42)41-35(44)45-21-31-29-8-4-2-6-27(29)28-7-3-5-9-30(28)31/h2-17,22,31-33H,18-21H2,1H3,(H,41,44). The molecular weight excluding hydrogens is 601 g/mol. The highest BCUT2D eigenvalue weighted by atomic mass is 35.5. The Balaban J connectivity index is 1.03. The molecule has 0 bridgehead atoms. The van der Waals surface area contributed by atoms with Crippen molar-refractivity contribution < 1.29 is 27.5 Å². The van der Waals surface area contributed by atoms with Gasteiger partial charge in [-0.2, -0.15) is 0 Å². The van der Waals surface area contributed by atoms with E-state index in [4.69, 9.17) is 16.3 Å². The number of alkyl carbamates (subject to hydrolysis) is 1. The Morgan fingerprint density at radius 1 is 0.911 bits per heavy atom. The van der Waals surface area contributed by atoms with Crippen LogP contribution in [0.4, 0.5) is 18.0 Å². The van der Waals surface area contributed by atoms with Crippen molar-refractivity contribution in [3.8, 4) is 22.3 Å². The monoisotopic (exact) mass is 632 g/mol. The van der Waals surface area contributed by atoms with Gasteiger partial charge in [0.2, 0.25) is 5.91 Å². The van der Waals surface area contributed by atoms with Gasteiger partial charge in [-0.25, -0.2) is 18.0 Å². The maximum atomic E-state index is 15.5. The molecule has 0 aromatic heterocycles. The van der Waals surface area contributed by atoms with Gasteiger partial charge < -0.3 is 15.0 Å². The fourth-order valence-corrected chi connectivity index (χ4v) is 6.39. The maximum Gasteiger partial charge on any atom is 0.407 e. The number of rotatable bonds is 7. The van der Waals surface area contributed by atoms with Crippen LogP contribution in [0.2, 0.25) is 5.02 Å². The highest BCUT2D eigenvalue weighted by Gasteiger charge is 2.46. The van der Waals surface area contributed by atoms with Crippen LogP contribution in [0.15, 0.2) is 97.1 Å². The zero-order chi connectivity index (χ0) is 31.7. The van der Waals surface area contributed by atoms with Gasteiger partial charge in [-0.05, 0) is 58.9 Å². The minimum absolute atomic E-state index is 0.0313. The van der Waals surface area contributed by atoms with Crippen molar-refractivity contribution in [2.24, 2.45) is 5.92 Å². The molecule has 1 aliphatic heterocycles. The second-order valence-electron chi connectivity index (χ2n) is 11.6. The summed E-state index contributed by atoms with van der Waals surface area (Å²) in [5.74, 6) is -6.17. The summed E-state index contributed by atoms with van der Waals surface area (Å²) in [7, 11) is 0. The van der Waals surface area contributed by atoms with Crippen molar-refractivity contribution >= 4 is 23.6 Å². The van der Waals surface area contributed by atoms with Gasteiger partial charge in [-0.1, -0.05) is 96.5 Å². The summed E-state index contributed by atoms with van der Waals surface area (Å²) >= 11 is 5.93. The number of nitrogens with one attached hydrogen (secondary N) is 1. The van der Waals surface area contributed by atoms with Crippen LogP contribution in [0.1, 0.15) is 36.0 Å². The lowest BCUT2D eigenvalue weighted by Crippen LogP contribution is -2.55. The Bertz CT molecular complexity index is 1650. The number of benzene rings is 4. The number of hydrogen-bond acceptors (Lipinski definition) is 3. The Morgan fingerprint density at radius 3 is 2.04 bits per heavy atom. The van der Waals surface area contributed by atoms with Crippen LogP contribution >= 0.6 is 11.6 Å². The van der Waals surface area contributed by atoms with E-state index in [0.29, 0.717) is 5.02 Å². The molecule has 1 heterocycles. The lowest BCUT2D eigenvalue weighted by molar-refractivity contribution is -0.152. The zero-order valence-electron chi connectivity index (χ0n) is 24.6. The minimum atomic E-state index is -3.47. The number of fused-ring (bicyclic) bond motifs is 3. The van der Waals surface area contributed by atoms with E-state index in [1.165, 1.54) is 12.1 Å². The predicted octanol–water partition coefficient (Wildman–Crippen LogP) is 8.21. The van der Waals surface area contributed by atoms with Crippen molar-refractivity contribution in [3.05, 3.63) is 119 Å². The molecule has 3 atom stereocenters. The van der Waals surface area contributed by atoms with Gasteiger partial charge in [0, 0.05) is 23.0 Å². The molecule has 1 N–H and O–H groups in total. The highest BCUT2D eigenvalue weighted by Crippen LogP contribution is 2.44. The summed E-state index contributed by atoms with van der Waals surface area (Å²) in [5, 5.41) is 3.15. The van der Waals surface area contributed by atoms with Gasteiger partial charge in [0.05, 0.1) is 12.6 Å². The van der Waals surface area contributed by atoms with Crippen molar-refractivity contribution in [2.45, 2.75) is 37.4 Å². The van der Waals surface area contributed by atoms with E-state index < -0.39 is 42.6 Å². The topological polar surface area (TPSA) is 58.6 Å². The Kier molecular flexibility index (Phi) is 8.60. The van der Waals surface area contributed by atoms with E-state index in [1.54, 1.807) is 36.4 Å². The van der Waals surface area contributed by atoms with E-state index in [0.717, 1.165) is 45.2 Å². The van der Waals surface area contributed by atoms with Crippen LogP contribution in [0.5, 0.6) is 0 Å². The number of nitrogens with zero attached hydrogens (tertiary/aromatic N) is 1. The molecule has 4 aromatic rings. The smallest absolute Gasteiger partial charge is 0.407 e. The van der Waals surface area contributed by atoms with Crippen LogP contribution in [-0.2, 0) is 15.5 Å². The molecule has 5 nitrogen and oxygen atoms in total. The third-order valence-corrected chi connectivity index (χ3v) is 9.11. The molecule has 45 heavy (non-hydrogen) atoms. The predicted molar refractivity (Wildman–Crippen MR) is 168 cm³/mol. The van der Waals surface area contributed by atoms with Gasteiger partial charge in [0.1, 0.15) is 18.7 Å². The van der Waals surface area contributed by atoms with E-state index >= 15 is 13.2 Å². The number of likely N-dealkylation sites (tertiary alicyclic amines) is 1. The number of halogens is 4. The molecular formula is C36H32ClF3N2O3. The quantitative estimate of drug-likeness (QED) is 0.223. The van der Waals surface area contributed by atoms with E-state index in [9.17, 15) is 9.59 Å². The average molecular weight is 633 g/mol. The number of hydrogen-bond donors (Lipinski definition) is 1. The minimum Gasteiger partial charge on any atom is -0.449 e. The van der Waals surface area contributed by atoms with Crippen molar-refractivity contribution in [1.29, 1.82) is 0 Å². The molecule has 0 radical (unpaired) electrons. The molecule has 2 aliphatic rings. The Hall–Kier alpha value is -4.30. The fourth-order valence-electron chi connectivity index (χ4n) is 6.27. The lowest BCUT2D eigenvalue weighted by atomic mass is 9.92. The van der Waals surface area contributed by atoms with Crippen LogP contribution in [0, 0.1) is 5.92 Å². The third-order valence-electron chi connectivity index (χ3n) is 8.86. The summed E-state index contributed by atoms with van der Waals surface area (Å²) < 4.78 is 51.7. The van der Waals surface area contributed by atoms with E-state index in [2.05, 4.69) is 5.32 Å². The van der Waals surface area contributed by atoms with E-state index in [1.807, 2.05) is 48.5 Å². The molecule has 9 heteroatoms. The first-order chi connectivity index (χ1) is 21.6. The van der Waals surface area contributed by atoms with Crippen LogP contribution in [0.25, 0.3) is 22.3 Å². The summed E-state index contributed by atoms with van der Waals surface area (Å²) in [6, 6.07) is 27.8. The second kappa shape index (κ2) is 12.6. The van der Waals surface area contributed by atoms with Gasteiger partial charge >= 0.3 is 6.09 Å².